The van der Waals surface area contributed by atoms with Crippen LogP contribution in [0.3, 0.4) is 0 Å². The molecule has 76 valence electrons. The highest BCUT2D eigenvalue weighted by Crippen LogP contribution is 2.14. The van der Waals surface area contributed by atoms with E-state index in [-0.39, 0.29) is 5.82 Å². The van der Waals surface area contributed by atoms with Gasteiger partial charge in [0, 0.05) is 5.02 Å². The number of benzene rings is 1. The van der Waals surface area contributed by atoms with Gasteiger partial charge < -0.3 is 10.1 Å². The Kier molecular flexibility index (Phi) is 2.39. The zero-order valence-electron chi connectivity index (χ0n) is 7.50. The average Bonchev–Trinajstić information content (AvgIpc) is 2.68. The first-order valence-corrected chi connectivity index (χ1v) is 4.50. The number of hydrogen-bond acceptors (Lipinski definition) is 3. The Balaban J connectivity index is 2.37. The maximum atomic E-state index is 10.4. The van der Waals surface area contributed by atoms with Gasteiger partial charge in [-0.25, -0.2) is 0 Å². The van der Waals surface area contributed by atoms with E-state index in [1.807, 2.05) is 0 Å². The van der Waals surface area contributed by atoms with Crippen molar-refractivity contribution < 1.29 is 4.92 Å². The molecule has 2 aromatic rings. The maximum absolute atomic E-state index is 10.4. The van der Waals surface area contributed by atoms with E-state index in [4.69, 9.17) is 11.6 Å². The third-order valence-corrected chi connectivity index (χ3v) is 2.11. The van der Waals surface area contributed by atoms with Crippen LogP contribution in [0.2, 0.25) is 5.02 Å². The summed E-state index contributed by atoms with van der Waals surface area (Å²) in [7, 11) is 0. The van der Waals surface area contributed by atoms with Crippen LogP contribution in [0.1, 0.15) is 0 Å². The van der Waals surface area contributed by atoms with Gasteiger partial charge in [0.1, 0.15) is 0 Å². The molecule has 0 saturated carbocycles. The molecule has 0 spiro atoms. The van der Waals surface area contributed by atoms with Crippen LogP contribution in [0, 0.1) is 10.1 Å². The van der Waals surface area contributed by atoms with Crippen molar-refractivity contribution in [2.24, 2.45) is 0 Å². The Bertz CT molecular complexity index is 492. The van der Waals surface area contributed by atoms with Crippen molar-refractivity contribution in [2.45, 2.75) is 0 Å². The summed E-state index contributed by atoms with van der Waals surface area (Å²) in [6.45, 7) is 0. The van der Waals surface area contributed by atoms with Crippen molar-refractivity contribution in [3.63, 3.8) is 0 Å². The minimum absolute atomic E-state index is 0.176. The molecular formula is C9H6ClN3O2. The van der Waals surface area contributed by atoms with Crippen molar-refractivity contribution in [3.8, 4) is 5.69 Å². The molecule has 2 rings (SSSR count). The molecule has 0 amide bonds. The molecule has 6 heteroatoms. The molecule has 0 aliphatic rings. The van der Waals surface area contributed by atoms with Crippen LogP contribution in [0.15, 0.2) is 36.5 Å². The van der Waals surface area contributed by atoms with E-state index in [1.165, 1.54) is 16.9 Å². The monoisotopic (exact) mass is 223 g/mol. The summed E-state index contributed by atoms with van der Waals surface area (Å²) < 4.78 is 1.43. The highest BCUT2D eigenvalue weighted by Gasteiger charge is 2.11. The van der Waals surface area contributed by atoms with Crippen LogP contribution < -0.4 is 0 Å². The topological polar surface area (TPSA) is 61.0 Å². The van der Waals surface area contributed by atoms with Crippen molar-refractivity contribution in [3.05, 3.63) is 51.7 Å². The predicted octanol–water partition coefficient (Wildman–Crippen LogP) is 2.43. The van der Waals surface area contributed by atoms with Crippen LogP contribution in [-0.2, 0) is 0 Å². The first kappa shape index (κ1) is 9.67. The molecule has 1 aromatic carbocycles. The second kappa shape index (κ2) is 3.70. The van der Waals surface area contributed by atoms with Crippen LogP contribution in [0.4, 0.5) is 5.82 Å². The van der Waals surface area contributed by atoms with Gasteiger partial charge in [-0.3, -0.25) is 0 Å². The van der Waals surface area contributed by atoms with Gasteiger partial charge in [0.15, 0.2) is 0 Å². The molecule has 5 nitrogen and oxygen atoms in total. The number of aromatic nitrogens is 2. The van der Waals surface area contributed by atoms with E-state index in [9.17, 15) is 10.1 Å². The van der Waals surface area contributed by atoms with Crippen LogP contribution in [-0.4, -0.2) is 14.7 Å². The third kappa shape index (κ3) is 1.97. The second-order valence-electron chi connectivity index (χ2n) is 2.85. The van der Waals surface area contributed by atoms with E-state index in [2.05, 4.69) is 5.10 Å². The van der Waals surface area contributed by atoms with Crippen molar-refractivity contribution >= 4 is 17.4 Å². The van der Waals surface area contributed by atoms with Gasteiger partial charge in [-0.2, -0.15) is 0 Å². The molecular weight excluding hydrogens is 218 g/mol. The molecule has 0 atom stereocenters. The lowest BCUT2D eigenvalue weighted by Gasteiger charge is -1.95. The summed E-state index contributed by atoms with van der Waals surface area (Å²) in [6.07, 6.45) is 1.53. The van der Waals surface area contributed by atoms with E-state index in [1.54, 1.807) is 24.3 Å². The fraction of sp³-hybridized carbons (Fsp3) is 0. The Morgan fingerprint density at radius 3 is 2.47 bits per heavy atom. The smallest absolute Gasteiger partial charge is 0.358 e. The minimum Gasteiger partial charge on any atom is -0.358 e. The molecule has 0 radical (unpaired) electrons. The zero-order chi connectivity index (χ0) is 10.8. The predicted molar refractivity (Wildman–Crippen MR) is 55.2 cm³/mol. The summed E-state index contributed by atoms with van der Waals surface area (Å²) in [5.41, 5.74) is 0.729. The molecule has 15 heavy (non-hydrogen) atoms. The molecule has 0 N–H and O–H groups in total. The highest BCUT2D eigenvalue weighted by molar-refractivity contribution is 6.30. The van der Waals surface area contributed by atoms with E-state index >= 15 is 0 Å². The van der Waals surface area contributed by atoms with Gasteiger partial charge >= 0.3 is 5.82 Å². The van der Waals surface area contributed by atoms with Gasteiger partial charge in [0.25, 0.3) is 0 Å². The fourth-order valence-electron chi connectivity index (χ4n) is 1.15. The SMILES string of the molecule is O=[N+]([O-])c1ccn(-c2ccc(Cl)cc2)n1. The highest BCUT2D eigenvalue weighted by atomic mass is 35.5. The van der Waals surface area contributed by atoms with Crippen molar-refractivity contribution in [1.29, 1.82) is 0 Å². The normalized spacial score (nSPS) is 10.2. The lowest BCUT2D eigenvalue weighted by molar-refractivity contribution is -0.389. The fourth-order valence-corrected chi connectivity index (χ4v) is 1.28. The second-order valence-corrected chi connectivity index (χ2v) is 3.29. The Morgan fingerprint density at radius 2 is 1.93 bits per heavy atom. The number of hydrogen-bond donors (Lipinski definition) is 0. The molecule has 0 aliphatic heterocycles. The summed E-state index contributed by atoms with van der Waals surface area (Å²) >= 11 is 5.72. The van der Waals surface area contributed by atoms with Gasteiger partial charge in [-0.05, 0) is 29.2 Å². The molecule has 0 unspecified atom stereocenters. The van der Waals surface area contributed by atoms with E-state index in [0.717, 1.165) is 5.69 Å². The van der Waals surface area contributed by atoms with Crippen LogP contribution >= 0.6 is 11.6 Å². The summed E-state index contributed by atoms with van der Waals surface area (Å²) in [4.78, 5) is 9.87. The molecule has 1 aromatic heterocycles. The zero-order valence-corrected chi connectivity index (χ0v) is 8.26. The molecule has 0 bridgehead atoms. The van der Waals surface area contributed by atoms with E-state index < -0.39 is 4.92 Å². The van der Waals surface area contributed by atoms with Gasteiger partial charge in [-0.1, -0.05) is 11.6 Å². The largest absolute Gasteiger partial charge is 0.390 e. The third-order valence-electron chi connectivity index (χ3n) is 1.85. The molecule has 0 aliphatic carbocycles. The number of rotatable bonds is 2. The Labute approximate surface area is 90.1 Å². The lowest BCUT2D eigenvalue weighted by atomic mass is 10.3. The number of halogens is 1. The average molecular weight is 224 g/mol. The number of nitrogens with zero attached hydrogens (tertiary/aromatic N) is 3. The Morgan fingerprint density at radius 1 is 1.27 bits per heavy atom. The summed E-state index contributed by atoms with van der Waals surface area (Å²) in [5, 5.41) is 14.8. The molecule has 0 saturated heterocycles. The molecule has 0 fully saturated rings. The van der Waals surface area contributed by atoms with Gasteiger partial charge in [0.2, 0.25) is 0 Å². The van der Waals surface area contributed by atoms with Gasteiger partial charge in [-0.15, -0.1) is 4.68 Å². The van der Waals surface area contributed by atoms with Crippen LogP contribution in [0.5, 0.6) is 0 Å². The standard InChI is InChI=1S/C9H6ClN3O2/c10-7-1-3-8(4-2-7)12-6-5-9(11-12)13(14)15/h1-6H. The first-order chi connectivity index (χ1) is 7.16. The minimum atomic E-state index is -0.535. The maximum Gasteiger partial charge on any atom is 0.390 e. The lowest BCUT2D eigenvalue weighted by Crippen LogP contribution is -1.96. The molecule has 1 heterocycles. The van der Waals surface area contributed by atoms with Crippen molar-refractivity contribution in [2.75, 3.05) is 0 Å². The Hall–Kier alpha value is -1.88. The number of nitro groups is 1. The van der Waals surface area contributed by atoms with Crippen molar-refractivity contribution in [1.82, 2.24) is 9.78 Å². The summed E-state index contributed by atoms with van der Waals surface area (Å²) in [6, 6.07) is 8.21. The van der Waals surface area contributed by atoms with Crippen LogP contribution in [0.25, 0.3) is 5.69 Å². The van der Waals surface area contributed by atoms with E-state index in [0.29, 0.717) is 5.02 Å². The summed E-state index contributed by atoms with van der Waals surface area (Å²) in [5.74, 6) is -0.176. The van der Waals surface area contributed by atoms with Gasteiger partial charge in [0.05, 0.1) is 23.0 Å². The quantitative estimate of drug-likeness (QED) is 0.580. The first-order valence-electron chi connectivity index (χ1n) is 4.13.